The third-order valence-corrected chi connectivity index (χ3v) is 3.30. The molecule has 1 heterocycles. The first-order valence-electron chi connectivity index (χ1n) is 4.63. The van der Waals surface area contributed by atoms with Crippen LogP contribution in [0.2, 0.25) is 5.02 Å². The maximum absolute atomic E-state index is 10.8. The minimum absolute atomic E-state index is 0.0817. The first kappa shape index (κ1) is 12.4. The van der Waals surface area contributed by atoms with E-state index in [2.05, 4.69) is 0 Å². The zero-order chi connectivity index (χ0) is 12.6. The number of ether oxygens (including phenoxy) is 2. The molecule has 0 fully saturated rings. The first-order chi connectivity index (χ1) is 7.89. The van der Waals surface area contributed by atoms with Crippen LogP contribution in [0.15, 0.2) is 12.1 Å². The Morgan fingerprint density at radius 2 is 1.94 bits per heavy atom. The van der Waals surface area contributed by atoms with Gasteiger partial charge in [-0.05, 0) is 12.1 Å². The first-order valence-corrected chi connectivity index (χ1v) is 6.51. The summed E-state index contributed by atoms with van der Waals surface area (Å²) in [5, 5.41) is 9.50. The summed E-state index contributed by atoms with van der Waals surface area (Å²) in [4.78, 5) is 0. The van der Waals surface area contributed by atoms with Gasteiger partial charge in [0.15, 0.2) is 11.5 Å². The second-order valence-electron chi connectivity index (χ2n) is 3.39. The summed E-state index contributed by atoms with van der Waals surface area (Å²) in [6.07, 6.45) is 0. The Bertz CT molecular complexity index is 541. The molecule has 1 aromatic carbocycles. The molecular formula is C9H9ClO6S. The molecule has 2 rings (SSSR count). The van der Waals surface area contributed by atoms with Crippen LogP contribution in [0.3, 0.4) is 0 Å². The highest BCUT2D eigenvalue weighted by Crippen LogP contribution is 2.40. The predicted molar refractivity (Wildman–Crippen MR) is 59.0 cm³/mol. The molecule has 94 valence electrons. The lowest BCUT2D eigenvalue weighted by Gasteiger charge is -2.20. The van der Waals surface area contributed by atoms with Crippen molar-refractivity contribution in [2.45, 2.75) is 5.44 Å². The fourth-order valence-electron chi connectivity index (χ4n) is 1.45. The maximum atomic E-state index is 10.8. The van der Waals surface area contributed by atoms with Gasteiger partial charge < -0.3 is 14.6 Å². The Morgan fingerprint density at radius 3 is 2.59 bits per heavy atom. The fourth-order valence-corrected chi connectivity index (χ4v) is 2.20. The van der Waals surface area contributed by atoms with E-state index in [1.54, 1.807) is 0 Å². The van der Waals surface area contributed by atoms with E-state index >= 15 is 0 Å². The van der Waals surface area contributed by atoms with Crippen LogP contribution in [0.1, 0.15) is 11.0 Å². The summed E-state index contributed by atoms with van der Waals surface area (Å²) in [7, 11) is -4.60. The molecule has 0 aromatic heterocycles. The molecule has 1 aromatic rings. The van der Waals surface area contributed by atoms with Gasteiger partial charge in [-0.15, -0.1) is 0 Å². The lowest BCUT2D eigenvalue weighted by atomic mass is 10.2. The van der Waals surface area contributed by atoms with Gasteiger partial charge >= 0.3 is 0 Å². The van der Waals surface area contributed by atoms with Crippen molar-refractivity contribution >= 4 is 21.7 Å². The highest BCUT2D eigenvalue weighted by atomic mass is 35.5. The van der Waals surface area contributed by atoms with Crippen molar-refractivity contribution in [1.29, 1.82) is 0 Å². The van der Waals surface area contributed by atoms with E-state index in [1.165, 1.54) is 12.1 Å². The Labute approximate surface area is 102 Å². The van der Waals surface area contributed by atoms with Crippen molar-refractivity contribution in [3.05, 3.63) is 22.7 Å². The molecule has 2 N–H and O–H groups in total. The summed E-state index contributed by atoms with van der Waals surface area (Å²) < 4.78 is 40.8. The van der Waals surface area contributed by atoms with Gasteiger partial charge in [-0.2, -0.15) is 8.42 Å². The lowest BCUT2D eigenvalue weighted by molar-refractivity contribution is 0.170. The molecule has 0 amide bonds. The SMILES string of the molecule is O=S(=O)(O)C(O)c1cc(Cl)c2c(c1)OCCO2. The molecule has 0 bridgehead atoms. The Hall–Kier alpha value is -1.02. The highest BCUT2D eigenvalue weighted by Gasteiger charge is 2.26. The molecule has 0 aliphatic carbocycles. The number of fused-ring (bicyclic) bond motifs is 1. The standard InChI is InChI=1S/C9H9ClO6S/c10-6-3-5(9(11)17(12,13)14)4-7-8(6)16-2-1-15-7/h3-4,9,11H,1-2H2,(H,12,13,14). The third-order valence-electron chi connectivity index (χ3n) is 2.19. The molecule has 0 radical (unpaired) electrons. The largest absolute Gasteiger partial charge is 0.486 e. The maximum Gasteiger partial charge on any atom is 0.296 e. The average molecular weight is 281 g/mol. The van der Waals surface area contributed by atoms with E-state index < -0.39 is 15.6 Å². The number of hydrogen-bond donors (Lipinski definition) is 2. The van der Waals surface area contributed by atoms with E-state index in [9.17, 15) is 13.5 Å². The van der Waals surface area contributed by atoms with Crippen molar-refractivity contribution in [3.63, 3.8) is 0 Å². The van der Waals surface area contributed by atoms with Crippen molar-refractivity contribution in [2.75, 3.05) is 13.2 Å². The quantitative estimate of drug-likeness (QED) is 0.785. The van der Waals surface area contributed by atoms with Crippen molar-refractivity contribution in [3.8, 4) is 11.5 Å². The summed E-state index contributed by atoms with van der Waals surface area (Å²) in [5.74, 6) is 0.533. The molecule has 1 aliphatic heterocycles. The molecule has 1 unspecified atom stereocenters. The normalized spacial score (nSPS) is 16.6. The van der Waals surface area contributed by atoms with E-state index in [1.807, 2.05) is 0 Å². The molecular weight excluding hydrogens is 272 g/mol. The Morgan fingerprint density at radius 1 is 1.29 bits per heavy atom. The number of aliphatic hydroxyl groups excluding tert-OH is 1. The Kier molecular flexibility index (Phi) is 3.17. The summed E-state index contributed by atoms with van der Waals surface area (Å²) in [6.45, 7) is 0.641. The van der Waals surface area contributed by atoms with Crippen molar-refractivity contribution < 1.29 is 27.6 Å². The zero-order valence-electron chi connectivity index (χ0n) is 8.46. The second kappa shape index (κ2) is 4.34. The van der Waals surface area contributed by atoms with Crippen LogP contribution < -0.4 is 9.47 Å². The van der Waals surface area contributed by atoms with Crippen LogP contribution >= 0.6 is 11.6 Å². The average Bonchev–Trinajstić information content (AvgIpc) is 2.27. The van der Waals surface area contributed by atoms with Crippen molar-refractivity contribution in [2.24, 2.45) is 0 Å². The summed E-state index contributed by atoms with van der Waals surface area (Å²) >= 11 is 5.85. The van der Waals surface area contributed by atoms with Gasteiger partial charge in [0.25, 0.3) is 10.1 Å². The lowest BCUT2D eigenvalue weighted by Crippen LogP contribution is -2.17. The fraction of sp³-hybridized carbons (Fsp3) is 0.333. The van der Waals surface area contributed by atoms with Gasteiger partial charge in [-0.3, -0.25) is 4.55 Å². The van der Waals surface area contributed by atoms with Gasteiger partial charge in [0, 0.05) is 5.56 Å². The minimum atomic E-state index is -4.60. The molecule has 1 atom stereocenters. The number of benzene rings is 1. The van der Waals surface area contributed by atoms with Gasteiger partial charge in [0.05, 0.1) is 5.02 Å². The van der Waals surface area contributed by atoms with Crippen LogP contribution in [0.25, 0.3) is 0 Å². The molecule has 0 saturated heterocycles. The van der Waals surface area contributed by atoms with Gasteiger partial charge in [0.1, 0.15) is 13.2 Å². The predicted octanol–water partition coefficient (Wildman–Crippen LogP) is 0.990. The zero-order valence-corrected chi connectivity index (χ0v) is 10.0. The minimum Gasteiger partial charge on any atom is -0.486 e. The number of aliphatic hydroxyl groups is 1. The monoisotopic (exact) mass is 280 g/mol. The van der Waals surface area contributed by atoms with E-state index in [0.717, 1.165) is 0 Å². The van der Waals surface area contributed by atoms with E-state index in [4.69, 9.17) is 25.6 Å². The number of halogens is 1. The number of hydrogen-bond acceptors (Lipinski definition) is 5. The Balaban J connectivity index is 2.48. The molecule has 0 saturated carbocycles. The van der Waals surface area contributed by atoms with Gasteiger partial charge in [-0.1, -0.05) is 11.6 Å². The highest BCUT2D eigenvalue weighted by molar-refractivity contribution is 7.85. The molecule has 6 nitrogen and oxygen atoms in total. The van der Waals surface area contributed by atoms with Gasteiger partial charge in [0.2, 0.25) is 5.44 Å². The van der Waals surface area contributed by atoms with Crippen LogP contribution in [-0.2, 0) is 10.1 Å². The molecule has 8 heteroatoms. The van der Waals surface area contributed by atoms with Crippen molar-refractivity contribution in [1.82, 2.24) is 0 Å². The topological polar surface area (TPSA) is 93.1 Å². The van der Waals surface area contributed by atoms with Crippen LogP contribution in [0.5, 0.6) is 11.5 Å². The third kappa shape index (κ3) is 2.47. The molecule has 1 aliphatic rings. The van der Waals surface area contributed by atoms with Gasteiger partial charge in [-0.25, -0.2) is 0 Å². The van der Waals surface area contributed by atoms with E-state index in [-0.39, 0.29) is 16.3 Å². The van der Waals surface area contributed by atoms with Crippen LogP contribution in [-0.4, -0.2) is 31.3 Å². The van der Waals surface area contributed by atoms with Crippen LogP contribution in [0.4, 0.5) is 0 Å². The molecule has 17 heavy (non-hydrogen) atoms. The number of rotatable bonds is 2. The summed E-state index contributed by atoms with van der Waals surface area (Å²) in [5.41, 5.74) is -2.14. The molecule has 0 spiro atoms. The summed E-state index contributed by atoms with van der Waals surface area (Å²) in [6, 6.07) is 2.46. The smallest absolute Gasteiger partial charge is 0.296 e. The van der Waals surface area contributed by atoms with E-state index in [0.29, 0.717) is 19.0 Å². The second-order valence-corrected chi connectivity index (χ2v) is 5.28. The van der Waals surface area contributed by atoms with Crippen LogP contribution in [0, 0.1) is 0 Å².